The van der Waals surface area contributed by atoms with E-state index >= 15 is 0 Å². The molecule has 2 saturated heterocycles. The maximum Gasteiger partial charge on any atom is 0.269 e. The highest BCUT2D eigenvalue weighted by molar-refractivity contribution is 7.89. The van der Waals surface area contributed by atoms with Crippen LogP contribution in [0.2, 0.25) is 0 Å². The minimum atomic E-state index is -3.72. The molecule has 2 heterocycles. The summed E-state index contributed by atoms with van der Waals surface area (Å²) in [4.78, 5) is 9.97. The second-order valence-electron chi connectivity index (χ2n) is 5.48. The summed E-state index contributed by atoms with van der Waals surface area (Å²) >= 11 is 0. The number of sulfonamides is 1. The molecule has 1 spiro atoms. The van der Waals surface area contributed by atoms with Gasteiger partial charge in [-0.1, -0.05) is 0 Å². The highest BCUT2D eigenvalue weighted by Crippen LogP contribution is 2.41. The summed E-state index contributed by atoms with van der Waals surface area (Å²) in [7, 11) is -3.72. The summed E-state index contributed by atoms with van der Waals surface area (Å²) in [5.41, 5.74) is -0.786. The molecule has 2 aliphatic heterocycles. The van der Waals surface area contributed by atoms with Crippen molar-refractivity contribution in [1.82, 2.24) is 9.62 Å². The molecule has 0 bridgehead atoms. The number of nitrogens with one attached hydrogen (secondary N) is 1. The molecule has 0 aromatic heterocycles. The van der Waals surface area contributed by atoms with Crippen LogP contribution in [-0.2, 0) is 10.0 Å². The van der Waals surface area contributed by atoms with Gasteiger partial charge in [0.05, 0.1) is 9.82 Å². The van der Waals surface area contributed by atoms with E-state index in [1.165, 1.54) is 16.4 Å². The molecular weight excluding hydrogens is 301 g/mol. The monoisotopic (exact) mass is 315 g/mol. The molecule has 0 amide bonds. The van der Waals surface area contributed by atoms with Gasteiger partial charge < -0.3 is 5.32 Å². The number of rotatable bonds is 3. The third kappa shape index (κ3) is 2.21. The number of hydrogen-bond acceptors (Lipinski definition) is 5. The summed E-state index contributed by atoms with van der Waals surface area (Å²) in [5, 5.41) is 13.5. The van der Waals surface area contributed by atoms with E-state index in [9.17, 15) is 22.9 Å². The van der Waals surface area contributed by atoms with Crippen LogP contribution >= 0.6 is 0 Å². The first-order chi connectivity index (χ1) is 9.85. The zero-order chi connectivity index (χ0) is 15.3. The van der Waals surface area contributed by atoms with Crippen LogP contribution in [0.15, 0.2) is 29.2 Å². The highest BCUT2D eigenvalue weighted by atomic mass is 32.2. The van der Waals surface area contributed by atoms with Crippen LogP contribution in [0.5, 0.6) is 0 Å². The van der Waals surface area contributed by atoms with E-state index in [-0.39, 0.29) is 30.2 Å². The van der Waals surface area contributed by atoms with Gasteiger partial charge in [0.15, 0.2) is 0 Å². The smallest absolute Gasteiger partial charge is 0.269 e. The molecule has 0 radical (unpaired) electrons. The minimum Gasteiger partial charge on any atom is -0.313 e. The van der Waals surface area contributed by atoms with Gasteiger partial charge in [-0.25, -0.2) is 12.8 Å². The SMILES string of the molecule is O=[N+]([O-])c1ccc(S(=O)(=O)N2CC3(CNCC3F)C2)cc1. The predicted molar refractivity (Wildman–Crippen MR) is 72.1 cm³/mol. The third-order valence-electron chi connectivity index (χ3n) is 4.13. The Kier molecular flexibility index (Phi) is 3.23. The molecular formula is C12H14FN3O4S. The molecule has 0 saturated carbocycles. The van der Waals surface area contributed by atoms with Crippen molar-refractivity contribution >= 4 is 15.7 Å². The lowest BCUT2D eigenvalue weighted by atomic mass is 9.80. The molecule has 114 valence electrons. The van der Waals surface area contributed by atoms with Crippen molar-refractivity contribution in [3.8, 4) is 0 Å². The Balaban J connectivity index is 1.78. The Morgan fingerprint density at radius 3 is 2.43 bits per heavy atom. The Morgan fingerprint density at radius 1 is 1.33 bits per heavy atom. The van der Waals surface area contributed by atoms with Crippen molar-refractivity contribution < 1.29 is 17.7 Å². The van der Waals surface area contributed by atoms with Crippen LogP contribution < -0.4 is 5.32 Å². The number of hydrogen-bond donors (Lipinski definition) is 1. The fourth-order valence-corrected chi connectivity index (χ4v) is 4.43. The van der Waals surface area contributed by atoms with Gasteiger partial charge in [-0.05, 0) is 12.1 Å². The third-order valence-corrected chi connectivity index (χ3v) is 5.94. The van der Waals surface area contributed by atoms with Crippen LogP contribution in [0.1, 0.15) is 0 Å². The van der Waals surface area contributed by atoms with Crippen molar-refractivity contribution in [2.45, 2.75) is 11.1 Å². The van der Waals surface area contributed by atoms with Crippen LogP contribution in [0.25, 0.3) is 0 Å². The molecule has 1 N–H and O–H groups in total. The van der Waals surface area contributed by atoms with Crippen LogP contribution in [0.4, 0.5) is 10.1 Å². The Labute approximate surface area is 120 Å². The lowest BCUT2D eigenvalue weighted by molar-refractivity contribution is -0.384. The largest absolute Gasteiger partial charge is 0.313 e. The van der Waals surface area contributed by atoms with Gasteiger partial charge in [-0.15, -0.1) is 0 Å². The number of halogens is 1. The van der Waals surface area contributed by atoms with Crippen molar-refractivity contribution in [3.05, 3.63) is 34.4 Å². The van der Waals surface area contributed by atoms with Gasteiger partial charge in [-0.3, -0.25) is 10.1 Å². The maximum absolute atomic E-state index is 13.8. The van der Waals surface area contributed by atoms with Gasteiger partial charge in [0.1, 0.15) is 6.17 Å². The van der Waals surface area contributed by atoms with E-state index in [1.807, 2.05) is 0 Å². The van der Waals surface area contributed by atoms with Gasteiger partial charge >= 0.3 is 0 Å². The summed E-state index contributed by atoms with van der Waals surface area (Å²) in [6.07, 6.45) is -1.04. The quantitative estimate of drug-likeness (QED) is 0.649. The van der Waals surface area contributed by atoms with E-state index in [1.54, 1.807) is 0 Å². The molecule has 3 rings (SSSR count). The Bertz CT molecular complexity index is 670. The normalized spacial score (nSPS) is 24.9. The second kappa shape index (κ2) is 4.72. The van der Waals surface area contributed by atoms with Gasteiger partial charge in [0, 0.05) is 43.7 Å². The van der Waals surface area contributed by atoms with Crippen LogP contribution in [0, 0.1) is 15.5 Å². The van der Waals surface area contributed by atoms with E-state index in [2.05, 4.69) is 5.32 Å². The van der Waals surface area contributed by atoms with E-state index in [0.717, 1.165) is 12.1 Å². The summed E-state index contributed by atoms with van der Waals surface area (Å²) in [5.74, 6) is 0. The number of nitrogens with zero attached hydrogens (tertiary/aromatic N) is 2. The number of nitro groups is 1. The molecule has 1 atom stereocenters. The minimum absolute atomic E-state index is 0.00989. The van der Waals surface area contributed by atoms with Crippen molar-refractivity contribution in [3.63, 3.8) is 0 Å². The number of non-ortho nitro benzene ring substituents is 1. The maximum atomic E-state index is 13.8. The van der Waals surface area contributed by atoms with Crippen molar-refractivity contribution in [2.24, 2.45) is 5.41 Å². The summed E-state index contributed by atoms with van der Waals surface area (Å²) < 4.78 is 39.7. The van der Waals surface area contributed by atoms with Gasteiger partial charge in [0.25, 0.3) is 5.69 Å². The first-order valence-corrected chi connectivity index (χ1v) is 7.89. The Morgan fingerprint density at radius 2 is 1.95 bits per heavy atom. The Hall–Kier alpha value is -1.58. The highest BCUT2D eigenvalue weighted by Gasteiger charge is 2.55. The fourth-order valence-electron chi connectivity index (χ4n) is 2.80. The van der Waals surface area contributed by atoms with Crippen molar-refractivity contribution in [1.29, 1.82) is 0 Å². The summed E-state index contributed by atoms with van der Waals surface area (Å²) in [6, 6.07) is 4.71. The van der Waals surface area contributed by atoms with Gasteiger partial charge in [-0.2, -0.15) is 4.31 Å². The van der Waals surface area contributed by atoms with Crippen LogP contribution in [0.3, 0.4) is 0 Å². The molecule has 21 heavy (non-hydrogen) atoms. The molecule has 1 aromatic rings. The standard InChI is InChI=1S/C12H14FN3O4S/c13-11-5-14-6-12(11)7-15(8-12)21(19,20)10-3-1-9(2-4-10)16(17)18/h1-4,11,14H,5-8H2. The van der Waals surface area contributed by atoms with Crippen molar-refractivity contribution in [2.75, 3.05) is 26.2 Å². The molecule has 1 unspecified atom stereocenters. The van der Waals surface area contributed by atoms with E-state index < -0.39 is 26.5 Å². The van der Waals surface area contributed by atoms with Crippen LogP contribution in [-0.4, -0.2) is 50.0 Å². The average Bonchev–Trinajstić information content (AvgIpc) is 2.79. The van der Waals surface area contributed by atoms with Gasteiger partial charge in [0.2, 0.25) is 10.0 Å². The van der Waals surface area contributed by atoms with E-state index in [0.29, 0.717) is 6.54 Å². The number of benzene rings is 1. The predicted octanol–water partition coefficient (Wildman–Crippen LogP) is 0.527. The number of nitro benzene ring substituents is 1. The first kappa shape index (κ1) is 14.4. The summed E-state index contributed by atoms with van der Waals surface area (Å²) in [6.45, 7) is 1.01. The first-order valence-electron chi connectivity index (χ1n) is 6.45. The molecule has 2 aliphatic rings. The molecule has 9 heteroatoms. The molecule has 2 fully saturated rings. The number of alkyl halides is 1. The molecule has 7 nitrogen and oxygen atoms in total. The second-order valence-corrected chi connectivity index (χ2v) is 7.42. The average molecular weight is 315 g/mol. The van der Waals surface area contributed by atoms with E-state index in [4.69, 9.17) is 0 Å². The lowest BCUT2D eigenvalue weighted by Gasteiger charge is -2.47. The fraction of sp³-hybridized carbons (Fsp3) is 0.500. The zero-order valence-corrected chi connectivity index (χ0v) is 11.8. The zero-order valence-electron chi connectivity index (χ0n) is 11.0. The lowest BCUT2D eigenvalue weighted by Crippen LogP contribution is -2.62. The topological polar surface area (TPSA) is 92.5 Å². The molecule has 1 aromatic carbocycles. The molecule has 0 aliphatic carbocycles.